The van der Waals surface area contributed by atoms with Crippen LogP contribution in [0.15, 0.2) is 11.1 Å². The molecule has 0 radical (unpaired) electrons. The lowest BCUT2D eigenvalue weighted by atomic mass is 9.92. The highest BCUT2D eigenvalue weighted by atomic mass is 32.2. The van der Waals surface area contributed by atoms with Gasteiger partial charge in [0, 0.05) is 13.1 Å². The van der Waals surface area contributed by atoms with Crippen LogP contribution in [-0.2, 0) is 9.53 Å². The summed E-state index contributed by atoms with van der Waals surface area (Å²) in [6.07, 6.45) is 1.14. The summed E-state index contributed by atoms with van der Waals surface area (Å²) < 4.78 is 4.99. The van der Waals surface area contributed by atoms with Gasteiger partial charge in [-0.3, -0.25) is 4.79 Å². The van der Waals surface area contributed by atoms with Crippen LogP contribution in [0.5, 0.6) is 0 Å². The molecule has 2 atom stereocenters. The molecule has 2 unspecified atom stereocenters. The van der Waals surface area contributed by atoms with Crippen molar-refractivity contribution in [2.75, 3.05) is 25.4 Å². The molecule has 2 rings (SSSR count). The Morgan fingerprint density at radius 2 is 2.04 bits per heavy atom. The van der Waals surface area contributed by atoms with Crippen molar-refractivity contribution in [2.24, 2.45) is 11.8 Å². The maximum Gasteiger partial charge on any atom is 0.340 e. The number of amides is 1. The summed E-state index contributed by atoms with van der Waals surface area (Å²) in [7, 11) is 0. The Bertz CT molecular complexity index is 719. The minimum absolute atomic E-state index is 0.0613. The number of aromatic nitrogens is 1. The van der Waals surface area contributed by atoms with Crippen molar-refractivity contribution >= 4 is 23.6 Å². The molecule has 7 heteroatoms. The Balaban J connectivity index is 2.09. The zero-order chi connectivity index (χ0) is 19.3. The fourth-order valence-corrected chi connectivity index (χ4v) is 4.18. The summed E-state index contributed by atoms with van der Waals surface area (Å²) in [5.74, 6) is 0.821. The van der Waals surface area contributed by atoms with Gasteiger partial charge in [-0.05, 0) is 38.2 Å². The van der Waals surface area contributed by atoms with E-state index in [0.717, 1.165) is 19.5 Å². The molecule has 0 saturated carbocycles. The van der Waals surface area contributed by atoms with Gasteiger partial charge in [0.15, 0.2) is 0 Å². The van der Waals surface area contributed by atoms with E-state index in [2.05, 4.69) is 24.9 Å². The molecule has 0 spiro atoms. The van der Waals surface area contributed by atoms with Crippen molar-refractivity contribution in [3.63, 3.8) is 0 Å². The molecule has 1 aromatic heterocycles. The van der Waals surface area contributed by atoms with Gasteiger partial charge in [-0.2, -0.15) is 5.26 Å². The molecule has 1 aromatic rings. The molecule has 0 aromatic carbocycles. The molecule has 0 bridgehead atoms. The first-order valence-electron chi connectivity index (χ1n) is 8.85. The Labute approximate surface area is 158 Å². The van der Waals surface area contributed by atoms with Gasteiger partial charge in [0.1, 0.15) is 11.1 Å². The van der Waals surface area contributed by atoms with Crippen molar-refractivity contribution in [2.45, 2.75) is 39.1 Å². The second-order valence-electron chi connectivity index (χ2n) is 6.84. The molecule has 1 amide bonds. The smallest absolute Gasteiger partial charge is 0.340 e. The number of rotatable bonds is 5. The van der Waals surface area contributed by atoms with E-state index in [4.69, 9.17) is 4.74 Å². The van der Waals surface area contributed by atoms with E-state index in [1.54, 1.807) is 13.8 Å². The van der Waals surface area contributed by atoms with Gasteiger partial charge in [-0.1, -0.05) is 25.6 Å². The highest BCUT2D eigenvalue weighted by molar-refractivity contribution is 8.00. The lowest BCUT2D eigenvalue weighted by Gasteiger charge is -2.35. The maximum absolute atomic E-state index is 12.5. The van der Waals surface area contributed by atoms with E-state index >= 15 is 0 Å². The number of nitrogens with zero attached hydrogens (tertiary/aromatic N) is 3. The van der Waals surface area contributed by atoms with Crippen molar-refractivity contribution in [1.82, 2.24) is 9.88 Å². The summed E-state index contributed by atoms with van der Waals surface area (Å²) in [5.41, 5.74) is 1.08. The summed E-state index contributed by atoms with van der Waals surface area (Å²) >= 11 is 1.25. The zero-order valence-electron chi connectivity index (χ0n) is 15.7. The number of nitriles is 1. The van der Waals surface area contributed by atoms with E-state index in [0.29, 0.717) is 22.6 Å². The first-order valence-corrected chi connectivity index (χ1v) is 9.83. The van der Waals surface area contributed by atoms with E-state index < -0.39 is 5.97 Å². The van der Waals surface area contributed by atoms with E-state index in [-0.39, 0.29) is 29.4 Å². The van der Waals surface area contributed by atoms with Crippen LogP contribution in [0, 0.1) is 30.1 Å². The number of piperidine rings is 1. The van der Waals surface area contributed by atoms with Gasteiger partial charge in [0.25, 0.3) is 0 Å². The fourth-order valence-electron chi connectivity index (χ4n) is 3.28. The lowest BCUT2D eigenvalue weighted by molar-refractivity contribution is -0.130. The van der Waals surface area contributed by atoms with Crippen LogP contribution in [0.4, 0.5) is 0 Å². The largest absolute Gasteiger partial charge is 0.462 e. The van der Waals surface area contributed by atoms with Gasteiger partial charge < -0.3 is 9.64 Å². The molecule has 1 fully saturated rings. The molecule has 0 N–H and O–H groups in total. The second kappa shape index (κ2) is 9.04. The van der Waals surface area contributed by atoms with E-state index in [9.17, 15) is 14.9 Å². The lowest BCUT2D eigenvalue weighted by Crippen LogP contribution is -2.43. The quantitative estimate of drug-likeness (QED) is 0.581. The molecule has 0 aliphatic carbocycles. The number of carbonyl (C=O) groups excluding carboxylic acids is 2. The number of likely N-dealkylation sites (tertiary alicyclic amines) is 1. The number of pyridine rings is 1. The highest BCUT2D eigenvalue weighted by Gasteiger charge is 2.26. The third-order valence-electron chi connectivity index (χ3n) is 4.35. The summed E-state index contributed by atoms with van der Waals surface area (Å²) in [6.45, 7) is 9.58. The average Bonchev–Trinajstić information content (AvgIpc) is 2.58. The number of thioether (sulfide) groups is 1. The highest BCUT2D eigenvalue weighted by Crippen LogP contribution is 2.26. The van der Waals surface area contributed by atoms with Crippen molar-refractivity contribution in [3.8, 4) is 6.07 Å². The monoisotopic (exact) mass is 375 g/mol. The van der Waals surface area contributed by atoms with Crippen LogP contribution in [0.25, 0.3) is 0 Å². The van der Waals surface area contributed by atoms with Gasteiger partial charge in [0.05, 0.1) is 29.2 Å². The van der Waals surface area contributed by atoms with E-state index in [1.807, 2.05) is 4.90 Å². The minimum Gasteiger partial charge on any atom is -0.462 e. The van der Waals surface area contributed by atoms with E-state index in [1.165, 1.54) is 17.8 Å². The number of hydrogen-bond donors (Lipinski definition) is 0. The molecule has 26 heavy (non-hydrogen) atoms. The van der Waals surface area contributed by atoms with Gasteiger partial charge in [-0.25, -0.2) is 9.78 Å². The standard InChI is InChI=1S/C19H25N3O3S/c1-5-25-19(24)16-7-15(8-20)18(21-14(16)4)26-11-17(23)22-9-12(2)6-13(3)10-22/h7,12-13H,5-6,9-11H2,1-4H3. The first kappa shape index (κ1) is 20.2. The van der Waals surface area contributed by atoms with Gasteiger partial charge >= 0.3 is 5.97 Å². The van der Waals surface area contributed by atoms with Crippen LogP contribution >= 0.6 is 11.8 Å². The number of ether oxygens (including phenoxy) is 1. The molecule has 2 heterocycles. The Morgan fingerprint density at radius 3 is 2.62 bits per heavy atom. The van der Waals surface area contributed by atoms with Gasteiger partial charge in [-0.15, -0.1) is 0 Å². The van der Waals surface area contributed by atoms with Crippen LogP contribution in [0.1, 0.15) is 48.8 Å². The molecule has 1 aliphatic rings. The average molecular weight is 375 g/mol. The molecule has 1 saturated heterocycles. The molecule has 1 aliphatic heterocycles. The molecule has 140 valence electrons. The number of carbonyl (C=O) groups is 2. The summed E-state index contributed by atoms with van der Waals surface area (Å²) in [4.78, 5) is 30.7. The molecule has 6 nitrogen and oxygen atoms in total. The summed E-state index contributed by atoms with van der Waals surface area (Å²) in [5, 5.41) is 9.85. The first-order chi connectivity index (χ1) is 12.3. The van der Waals surface area contributed by atoms with Gasteiger partial charge in [0.2, 0.25) is 5.91 Å². The predicted molar refractivity (Wildman–Crippen MR) is 99.9 cm³/mol. The third kappa shape index (κ3) is 4.98. The summed E-state index contributed by atoms with van der Waals surface area (Å²) in [6, 6.07) is 3.56. The maximum atomic E-state index is 12.5. The number of esters is 1. The molecular weight excluding hydrogens is 350 g/mol. The number of hydrogen-bond acceptors (Lipinski definition) is 6. The Morgan fingerprint density at radius 1 is 1.38 bits per heavy atom. The molecular formula is C19H25N3O3S. The van der Waals surface area contributed by atoms with Crippen molar-refractivity contribution in [3.05, 3.63) is 22.9 Å². The Hall–Kier alpha value is -2.07. The normalized spacial score (nSPS) is 19.7. The van der Waals surface area contributed by atoms with Crippen molar-refractivity contribution in [1.29, 1.82) is 5.26 Å². The third-order valence-corrected chi connectivity index (χ3v) is 5.32. The van der Waals surface area contributed by atoms with Crippen LogP contribution in [-0.4, -0.2) is 47.2 Å². The minimum atomic E-state index is -0.488. The zero-order valence-corrected chi connectivity index (χ0v) is 16.6. The topological polar surface area (TPSA) is 83.3 Å². The van der Waals surface area contributed by atoms with Crippen molar-refractivity contribution < 1.29 is 14.3 Å². The predicted octanol–water partition coefficient (Wildman–Crippen LogP) is 3.04. The van der Waals surface area contributed by atoms with Crippen LogP contribution < -0.4 is 0 Å². The Kier molecular flexibility index (Phi) is 7.04. The van der Waals surface area contributed by atoms with Crippen LogP contribution in [0.3, 0.4) is 0 Å². The van der Waals surface area contributed by atoms with Crippen LogP contribution in [0.2, 0.25) is 0 Å². The second-order valence-corrected chi connectivity index (χ2v) is 7.80. The number of aryl methyl sites for hydroxylation is 1. The SMILES string of the molecule is CCOC(=O)c1cc(C#N)c(SCC(=O)N2CC(C)CC(C)C2)nc1C. The fraction of sp³-hybridized carbons (Fsp3) is 0.579.